The summed E-state index contributed by atoms with van der Waals surface area (Å²) in [5.74, 6) is 0. The molecule has 13 aromatic rings. The Balaban J connectivity index is 1.00. The van der Waals surface area contributed by atoms with Gasteiger partial charge in [-0.3, -0.25) is 0 Å². The second-order valence-corrected chi connectivity index (χ2v) is 20.6. The van der Waals surface area contributed by atoms with Crippen molar-refractivity contribution in [1.82, 2.24) is 0 Å². The molecule has 0 heterocycles. The highest BCUT2D eigenvalue weighted by Gasteiger charge is 2.49. The van der Waals surface area contributed by atoms with Crippen LogP contribution in [0.4, 0.5) is 0 Å². The number of hydrogen-bond donors (Lipinski definition) is 0. The van der Waals surface area contributed by atoms with E-state index in [1.54, 1.807) is 0 Å². The Labute approximate surface area is 420 Å². The van der Waals surface area contributed by atoms with Crippen molar-refractivity contribution in [1.29, 1.82) is 0 Å². The highest BCUT2D eigenvalue weighted by Crippen LogP contribution is 2.63. The molecule has 0 aliphatic heterocycles. The summed E-state index contributed by atoms with van der Waals surface area (Å²) < 4.78 is 0. The molecule has 0 saturated carbocycles. The van der Waals surface area contributed by atoms with E-state index in [0.717, 1.165) is 0 Å². The summed E-state index contributed by atoms with van der Waals surface area (Å²) in [5, 5.41) is 12.7. The molecule has 0 spiro atoms. The van der Waals surface area contributed by atoms with Crippen molar-refractivity contribution < 1.29 is 0 Å². The highest BCUT2D eigenvalue weighted by molar-refractivity contribution is 6.23. The first-order chi connectivity index (χ1) is 35.5. The zero-order valence-corrected chi connectivity index (χ0v) is 40.2. The molecule has 0 unspecified atom stereocenters. The maximum absolute atomic E-state index is 2.55. The molecule has 0 atom stereocenters. The van der Waals surface area contributed by atoms with Gasteiger partial charge in [0.1, 0.15) is 0 Å². The zero-order valence-electron chi connectivity index (χ0n) is 40.2. The van der Waals surface area contributed by atoms with Gasteiger partial charge >= 0.3 is 0 Å². The van der Waals surface area contributed by atoms with Crippen LogP contribution in [-0.2, 0) is 10.8 Å². The van der Waals surface area contributed by atoms with Gasteiger partial charge in [0.15, 0.2) is 0 Å². The largest absolute Gasteiger partial charge is 0.0725 e. The van der Waals surface area contributed by atoms with Gasteiger partial charge in [0.05, 0.1) is 5.41 Å². The van der Waals surface area contributed by atoms with E-state index in [9.17, 15) is 0 Å². The van der Waals surface area contributed by atoms with Gasteiger partial charge in [-0.25, -0.2) is 0 Å². The van der Waals surface area contributed by atoms with E-state index in [2.05, 4.69) is 269 Å². The standard InChI is InChI=1S/C72H48/c1-71(2)64-39-20-19-31-53(64)54-41-40-47(43-65(54)71)67-58-35-15-13-33-56(58)66(57-34-14-16-36-59(57)67)46-23-21-22-45(42-46)62-44-63-68-55-32-12-9-28-50(55)51-29-10-18-38-61(51)70(68)72(48-24-5-3-6-25-48,49-26-7-4-8-27-49)69(63)60-37-17-11-30-52(60)62/h3-44H,1-2H3. The Morgan fingerprint density at radius 1 is 0.236 bits per heavy atom. The molecule has 72 heavy (non-hydrogen) atoms. The summed E-state index contributed by atoms with van der Waals surface area (Å²) in [6, 6.07) is 96.3. The van der Waals surface area contributed by atoms with E-state index in [1.807, 2.05) is 0 Å². The van der Waals surface area contributed by atoms with Gasteiger partial charge in [-0.2, -0.15) is 0 Å². The van der Waals surface area contributed by atoms with Crippen LogP contribution in [0.1, 0.15) is 47.2 Å². The molecule has 0 bridgehead atoms. The van der Waals surface area contributed by atoms with Crippen molar-refractivity contribution in [3.05, 3.63) is 288 Å². The van der Waals surface area contributed by atoms with Crippen LogP contribution in [0.5, 0.6) is 0 Å². The Morgan fingerprint density at radius 2 is 0.667 bits per heavy atom. The molecule has 0 aromatic heterocycles. The van der Waals surface area contributed by atoms with E-state index in [4.69, 9.17) is 0 Å². The van der Waals surface area contributed by atoms with Crippen molar-refractivity contribution in [3.63, 3.8) is 0 Å². The van der Waals surface area contributed by atoms with Crippen molar-refractivity contribution in [2.75, 3.05) is 0 Å². The van der Waals surface area contributed by atoms with Crippen LogP contribution >= 0.6 is 0 Å². The lowest BCUT2D eigenvalue weighted by molar-refractivity contribution is 0.660. The molecule has 0 N–H and O–H groups in total. The first-order valence-electron chi connectivity index (χ1n) is 25.4. The lowest BCUT2D eigenvalue weighted by atomic mass is 9.65. The molecular formula is C72H48. The molecular weight excluding hydrogens is 865 g/mol. The summed E-state index contributed by atoms with van der Waals surface area (Å²) >= 11 is 0. The molecule has 2 aliphatic rings. The topological polar surface area (TPSA) is 0 Å². The summed E-state index contributed by atoms with van der Waals surface area (Å²) in [5.41, 5.74) is 20.1. The fourth-order valence-corrected chi connectivity index (χ4v) is 13.7. The number of rotatable bonds is 5. The Bertz CT molecular complexity index is 4300. The Kier molecular flexibility index (Phi) is 8.73. The van der Waals surface area contributed by atoms with Crippen molar-refractivity contribution in [2.24, 2.45) is 0 Å². The minimum absolute atomic E-state index is 0.0940. The van der Waals surface area contributed by atoms with Crippen LogP contribution < -0.4 is 0 Å². The Morgan fingerprint density at radius 3 is 1.26 bits per heavy atom. The van der Waals surface area contributed by atoms with E-state index in [1.165, 1.54) is 143 Å². The molecule has 13 aromatic carbocycles. The summed E-state index contributed by atoms with van der Waals surface area (Å²) in [7, 11) is 0. The van der Waals surface area contributed by atoms with E-state index >= 15 is 0 Å². The predicted octanol–water partition coefficient (Wildman–Crippen LogP) is 19.1. The van der Waals surface area contributed by atoms with Crippen LogP contribution in [0.25, 0.3) is 109 Å². The van der Waals surface area contributed by atoms with Crippen LogP contribution in [-0.4, -0.2) is 0 Å². The van der Waals surface area contributed by atoms with Gasteiger partial charge < -0.3 is 0 Å². The lowest BCUT2D eigenvalue weighted by Gasteiger charge is -2.35. The number of hydrogen-bond acceptors (Lipinski definition) is 0. The SMILES string of the molecule is CC1(C)c2ccccc2-c2ccc(-c3c4ccccc4c(-c4cccc(-c5cc6c(c7ccccc57)C(c5ccccc5)(c5ccccc5)c5c-6c6ccccc6c6ccccc56)c4)c4ccccc34)cc21. The third-order valence-electron chi connectivity index (χ3n) is 16.7. The highest BCUT2D eigenvalue weighted by atomic mass is 14.5. The lowest BCUT2D eigenvalue weighted by Crippen LogP contribution is -2.29. The Hall–Kier alpha value is -8.84. The van der Waals surface area contributed by atoms with Gasteiger partial charge in [0, 0.05) is 5.41 Å². The fourth-order valence-electron chi connectivity index (χ4n) is 13.7. The maximum Gasteiger partial charge on any atom is 0.0725 e. The third-order valence-corrected chi connectivity index (χ3v) is 16.7. The molecule has 0 nitrogen and oxygen atoms in total. The maximum atomic E-state index is 2.55. The van der Waals surface area contributed by atoms with Crippen LogP contribution in [0.15, 0.2) is 255 Å². The average molecular weight is 913 g/mol. The van der Waals surface area contributed by atoms with Crippen molar-refractivity contribution in [3.8, 4) is 55.6 Å². The zero-order chi connectivity index (χ0) is 47.7. The van der Waals surface area contributed by atoms with Crippen molar-refractivity contribution >= 4 is 53.9 Å². The summed E-state index contributed by atoms with van der Waals surface area (Å²) in [4.78, 5) is 0. The average Bonchev–Trinajstić information content (AvgIpc) is 3.89. The van der Waals surface area contributed by atoms with Crippen LogP contribution in [0, 0.1) is 0 Å². The molecule has 0 saturated heterocycles. The normalized spacial score (nSPS) is 13.9. The molecule has 2 aliphatic carbocycles. The second kappa shape index (κ2) is 15.3. The molecule has 15 rings (SSSR count). The van der Waals surface area contributed by atoms with Gasteiger partial charge in [-0.15, -0.1) is 0 Å². The van der Waals surface area contributed by atoms with E-state index in [0.29, 0.717) is 0 Å². The minimum atomic E-state index is -0.602. The van der Waals surface area contributed by atoms with Gasteiger partial charge in [-0.05, 0) is 161 Å². The summed E-state index contributed by atoms with van der Waals surface area (Å²) in [6.07, 6.45) is 0. The predicted molar refractivity (Wildman–Crippen MR) is 305 cm³/mol. The first-order valence-corrected chi connectivity index (χ1v) is 25.4. The van der Waals surface area contributed by atoms with Gasteiger partial charge in [-0.1, -0.05) is 250 Å². The van der Waals surface area contributed by atoms with Gasteiger partial charge in [0.2, 0.25) is 0 Å². The van der Waals surface area contributed by atoms with Gasteiger partial charge in [0.25, 0.3) is 0 Å². The quantitative estimate of drug-likeness (QED) is 0.119. The molecule has 0 radical (unpaired) electrons. The second-order valence-electron chi connectivity index (χ2n) is 20.6. The fraction of sp³-hybridized carbons (Fsp3) is 0.0556. The molecule has 0 amide bonds. The van der Waals surface area contributed by atoms with E-state index in [-0.39, 0.29) is 5.41 Å². The van der Waals surface area contributed by atoms with Crippen LogP contribution in [0.2, 0.25) is 0 Å². The molecule has 0 heteroatoms. The first kappa shape index (κ1) is 41.0. The van der Waals surface area contributed by atoms with Crippen LogP contribution in [0.3, 0.4) is 0 Å². The number of benzene rings is 13. The smallest absolute Gasteiger partial charge is 0.0622 e. The summed E-state index contributed by atoms with van der Waals surface area (Å²) in [6.45, 7) is 4.76. The third kappa shape index (κ3) is 5.52. The molecule has 0 fully saturated rings. The van der Waals surface area contributed by atoms with E-state index < -0.39 is 5.41 Å². The molecule has 336 valence electrons. The minimum Gasteiger partial charge on any atom is -0.0622 e. The number of fused-ring (bicyclic) bond motifs is 15. The monoisotopic (exact) mass is 912 g/mol. The van der Waals surface area contributed by atoms with Crippen molar-refractivity contribution in [2.45, 2.75) is 24.7 Å².